The molecule has 1 aromatic carbocycles. The number of rotatable bonds is 7. The first-order chi connectivity index (χ1) is 15.7. The van der Waals surface area contributed by atoms with E-state index in [1.165, 1.54) is 0 Å². The van der Waals surface area contributed by atoms with Gasteiger partial charge in [-0.1, -0.05) is 36.7 Å². The Hall–Kier alpha value is -2.32. The number of hydrogen-bond acceptors (Lipinski definition) is 7. The van der Waals surface area contributed by atoms with Gasteiger partial charge in [0.05, 0.1) is 12.2 Å². The number of esters is 1. The summed E-state index contributed by atoms with van der Waals surface area (Å²) in [6, 6.07) is 3.68. The fraction of sp³-hybridized carbons (Fsp3) is 0.520. The summed E-state index contributed by atoms with van der Waals surface area (Å²) < 4.78 is 22.9. The average Bonchev–Trinajstić information content (AvgIpc) is 3.18. The van der Waals surface area contributed by atoms with E-state index in [1.807, 2.05) is 26.0 Å². The Morgan fingerprint density at radius 1 is 1.18 bits per heavy atom. The molecule has 0 radical (unpaired) electrons. The Morgan fingerprint density at radius 3 is 2.64 bits per heavy atom. The van der Waals surface area contributed by atoms with Crippen LogP contribution in [0.2, 0.25) is 0 Å². The molecule has 2 aliphatic heterocycles. The largest absolute Gasteiger partial charge is 0.460 e. The van der Waals surface area contributed by atoms with Crippen molar-refractivity contribution in [3.05, 3.63) is 44.7 Å². The Labute approximate surface area is 202 Å². The van der Waals surface area contributed by atoms with E-state index in [2.05, 4.69) is 35.1 Å². The van der Waals surface area contributed by atoms with Gasteiger partial charge >= 0.3 is 5.97 Å². The van der Waals surface area contributed by atoms with Gasteiger partial charge in [-0.3, -0.25) is 4.79 Å². The molecule has 7 nitrogen and oxygen atoms in total. The highest BCUT2D eigenvalue weighted by Crippen LogP contribution is 2.50. The monoisotopic (exact) mass is 519 g/mol. The molecule has 0 amide bonds. The van der Waals surface area contributed by atoms with Crippen LogP contribution < -0.4 is 14.8 Å². The van der Waals surface area contributed by atoms with Crippen molar-refractivity contribution in [1.82, 2.24) is 5.32 Å². The number of hydrogen-bond donors (Lipinski definition) is 1. The molecule has 3 aliphatic rings. The molecule has 8 heteroatoms. The quantitative estimate of drug-likeness (QED) is 0.411. The minimum Gasteiger partial charge on any atom is -0.460 e. The number of allylic oxidation sites excluding steroid dienone is 3. The summed E-state index contributed by atoms with van der Waals surface area (Å²) in [5.74, 6) is 0.225. The second-order valence-electron chi connectivity index (χ2n) is 9.41. The molecule has 0 fully saturated rings. The Kier molecular flexibility index (Phi) is 6.86. The zero-order valence-corrected chi connectivity index (χ0v) is 21.1. The van der Waals surface area contributed by atoms with Crippen molar-refractivity contribution in [3.63, 3.8) is 0 Å². The van der Waals surface area contributed by atoms with Crippen LogP contribution in [-0.4, -0.2) is 38.4 Å². The summed E-state index contributed by atoms with van der Waals surface area (Å²) in [6.07, 6.45) is 2.04. The molecule has 0 saturated carbocycles. The van der Waals surface area contributed by atoms with Crippen LogP contribution in [0.5, 0.6) is 11.5 Å². The zero-order chi connectivity index (χ0) is 23.8. The second-order valence-corrected chi connectivity index (χ2v) is 10.3. The lowest BCUT2D eigenvalue weighted by atomic mass is 9.68. The van der Waals surface area contributed by atoms with Gasteiger partial charge in [0, 0.05) is 40.4 Å². The maximum Gasteiger partial charge on any atom is 0.336 e. The van der Waals surface area contributed by atoms with Crippen LogP contribution in [-0.2, 0) is 19.1 Å². The number of carbonyl (C=O) groups excluding carboxylic acids is 2. The SMILES string of the molecule is CCCOCCOC(=O)C1=C(C)NC2=C(C(=O)CC(C)(C)C2)[C@@H]1c1cc2c(cc1Br)OCO2. The highest BCUT2D eigenvalue weighted by atomic mass is 79.9. The average molecular weight is 520 g/mol. The summed E-state index contributed by atoms with van der Waals surface area (Å²) in [7, 11) is 0. The van der Waals surface area contributed by atoms with E-state index < -0.39 is 11.9 Å². The molecule has 0 saturated heterocycles. The van der Waals surface area contributed by atoms with E-state index in [0.29, 0.717) is 48.0 Å². The predicted octanol–water partition coefficient (Wildman–Crippen LogP) is 4.75. The molecule has 33 heavy (non-hydrogen) atoms. The van der Waals surface area contributed by atoms with E-state index in [-0.39, 0.29) is 24.6 Å². The van der Waals surface area contributed by atoms with Gasteiger partial charge in [0.25, 0.3) is 0 Å². The van der Waals surface area contributed by atoms with E-state index in [1.54, 1.807) is 0 Å². The molecule has 1 atom stereocenters. The summed E-state index contributed by atoms with van der Waals surface area (Å²) in [6.45, 7) is 9.29. The molecular formula is C25H30BrNO6. The van der Waals surface area contributed by atoms with Crippen LogP contribution in [0.15, 0.2) is 39.1 Å². The van der Waals surface area contributed by atoms with E-state index in [9.17, 15) is 9.59 Å². The lowest BCUT2D eigenvalue weighted by molar-refractivity contribution is -0.141. The molecule has 178 valence electrons. The highest BCUT2D eigenvalue weighted by Gasteiger charge is 2.44. The van der Waals surface area contributed by atoms with Crippen molar-refractivity contribution in [2.24, 2.45) is 5.41 Å². The Morgan fingerprint density at radius 2 is 1.91 bits per heavy atom. The molecule has 0 unspecified atom stereocenters. The molecule has 2 heterocycles. The standard InChI is InChI=1S/C25H30BrNO6/c1-5-6-30-7-8-31-24(29)21-14(2)27-17-11-25(3,4)12-18(28)23(17)22(21)15-9-19-20(10-16(15)26)33-13-32-19/h9-10,22,27H,5-8,11-13H2,1-4H3/t22-/m1/s1. The molecule has 0 bridgehead atoms. The number of carbonyl (C=O) groups is 2. The lowest BCUT2D eigenvalue weighted by Gasteiger charge is -2.39. The maximum absolute atomic E-state index is 13.4. The van der Waals surface area contributed by atoms with Crippen LogP contribution in [0.3, 0.4) is 0 Å². The number of nitrogens with one attached hydrogen (secondary N) is 1. The number of dihydropyridines is 1. The van der Waals surface area contributed by atoms with E-state index >= 15 is 0 Å². The first kappa shape index (κ1) is 23.8. The smallest absolute Gasteiger partial charge is 0.336 e. The van der Waals surface area contributed by atoms with Crippen molar-refractivity contribution in [1.29, 1.82) is 0 Å². The van der Waals surface area contributed by atoms with Gasteiger partial charge in [-0.2, -0.15) is 0 Å². The molecule has 1 aromatic rings. The summed E-state index contributed by atoms with van der Waals surface area (Å²) in [4.78, 5) is 26.7. The van der Waals surface area contributed by atoms with Gasteiger partial charge in [0.15, 0.2) is 17.3 Å². The van der Waals surface area contributed by atoms with Crippen LogP contribution >= 0.6 is 15.9 Å². The van der Waals surface area contributed by atoms with Crippen LogP contribution in [0.1, 0.15) is 58.4 Å². The third kappa shape index (κ3) is 4.82. The number of benzene rings is 1. The number of fused-ring (bicyclic) bond motifs is 1. The topological polar surface area (TPSA) is 83.1 Å². The predicted molar refractivity (Wildman–Crippen MR) is 126 cm³/mol. The number of Topliss-reactive ketones (excluding diaryl/α,β-unsaturated/α-hetero) is 1. The molecular weight excluding hydrogens is 490 g/mol. The molecule has 1 aliphatic carbocycles. The van der Waals surface area contributed by atoms with Crippen LogP contribution in [0.4, 0.5) is 0 Å². The number of ketones is 1. The Balaban J connectivity index is 1.74. The first-order valence-corrected chi connectivity index (χ1v) is 12.1. The van der Waals surface area contributed by atoms with Crippen LogP contribution in [0.25, 0.3) is 0 Å². The molecule has 1 N–H and O–H groups in total. The maximum atomic E-state index is 13.4. The van der Waals surface area contributed by atoms with Gasteiger partial charge in [-0.15, -0.1) is 0 Å². The normalized spacial score (nSPS) is 21.1. The number of halogens is 1. The van der Waals surface area contributed by atoms with E-state index in [0.717, 1.165) is 28.6 Å². The van der Waals surface area contributed by atoms with Gasteiger partial charge in [-0.05, 0) is 42.9 Å². The summed E-state index contributed by atoms with van der Waals surface area (Å²) in [5.41, 5.74) is 3.22. The second kappa shape index (κ2) is 9.50. The van der Waals surface area contributed by atoms with Crippen molar-refractivity contribution in [2.75, 3.05) is 26.6 Å². The van der Waals surface area contributed by atoms with Crippen molar-refractivity contribution in [3.8, 4) is 11.5 Å². The fourth-order valence-electron chi connectivity index (χ4n) is 4.69. The highest BCUT2D eigenvalue weighted by molar-refractivity contribution is 9.10. The number of ether oxygens (including phenoxy) is 4. The fourth-order valence-corrected chi connectivity index (χ4v) is 5.24. The van der Waals surface area contributed by atoms with Crippen molar-refractivity contribution in [2.45, 2.75) is 52.9 Å². The van der Waals surface area contributed by atoms with Crippen LogP contribution in [0, 0.1) is 5.41 Å². The van der Waals surface area contributed by atoms with Crippen molar-refractivity contribution < 1.29 is 28.5 Å². The zero-order valence-electron chi connectivity index (χ0n) is 19.5. The van der Waals surface area contributed by atoms with Gasteiger partial charge in [0.1, 0.15) is 6.61 Å². The Bertz CT molecular complexity index is 1040. The lowest BCUT2D eigenvalue weighted by Crippen LogP contribution is -2.39. The summed E-state index contributed by atoms with van der Waals surface area (Å²) >= 11 is 3.64. The molecule has 0 spiro atoms. The van der Waals surface area contributed by atoms with Gasteiger partial charge in [-0.25, -0.2) is 4.79 Å². The van der Waals surface area contributed by atoms with Crippen molar-refractivity contribution >= 4 is 27.7 Å². The van der Waals surface area contributed by atoms with E-state index in [4.69, 9.17) is 18.9 Å². The third-order valence-corrected chi connectivity index (χ3v) is 6.76. The summed E-state index contributed by atoms with van der Waals surface area (Å²) in [5, 5.41) is 3.35. The van der Waals surface area contributed by atoms with Gasteiger partial charge < -0.3 is 24.3 Å². The first-order valence-electron chi connectivity index (χ1n) is 11.3. The minimum atomic E-state index is -0.571. The van der Waals surface area contributed by atoms with Gasteiger partial charge in [0.2, 0.25) is 6.79 Å². The molecule has 4 rings (SSSR count). The molecule has 0 aromatic heterocycles. The third-order valence-electron chi connectivity index (χ3n) is 6.07. The minimum absolute atomic E-state index is 0.0346.